The summed E-state index contributed by atoms with van der Waals surface area (Å²) >= 11 is -2.94. The van der Waals surface area contributed by atoms with Crippen LogP contribution in [0.4, 0.5) is 0 Å². The van der Waals surface area contributed by atoms with Gasteiger partial charge in [-0.05, 0) is 0 Å². The number of benzene rings is 6. The first-order valence-corrected chi connectivity index (χ1v) is 23.7. The van der Waals surface area contributed by atoms with Gasteiger partial charge in [0.15, 0.2) is 0 Å². The summed E-state index contributed by atoms with van der Waals surface area (Å²) in [6.45, 7) is 0. The van der Waals surface area contributed by atoms with Gasteiger partial charge in [-0.25, -0.2) is 0 Å². The maximum atomic E-state index is 7.80. The zero-order valence-electron chi connectivity index (χ0n) is 21.9. The van der Waals surface area contributed by atoms with E-state index in [4.69, 9.17) is 8.51 Å². The van der Waals surface area contributed by atoms with Crippen molar-refractivity contribution >= 4 is 83.3 Å². The predicted octanol–water partition coefficient (Wildman–Crippen LogP) is 5.55. The fourth-order valence-electron chi connectivity index (χ4n) is 4.93. The Kier molecular flexibility index (Phi) is 9.18. The van der Waals surface area contributed by atoms with Gasteiger partial charge in [-0.15, -0.1) is 0 Å². The SMILES string of the molecule is [Cl][Bi]([c]1ccccc1P(c1ccccc1)c1ccccc1)[c]1ccccc1P(c1ccccc1)c1ccccc1. The van der Waals surface area contributed by atoms with Crippen LogP contribution in [0.3, 0.4) is 0 Å². The number of hydrogen-bond acceptors (Lipinski definition) is 0. The van der Waals surface area contributed by atoms with E-state index < -0.39 is 36.4 Å². The number of hydrogen-bond donors (Lipinski definition) is 0. The van der Waals surface area contributed by atoms with Gasteiger partial charge in [0, 0.05) is 0 Å². The maximum absolute atomic E-state index is 7.80. The van der Waals surface area contributed by atoms with E-state index in [1.54, 1.807) is 0 Å². The predicted molar refractivity (Wildman–Crippen MR) is 181 cm³/mol. The van der Waals surface area contributed by atoms with Gasteiger partial charge in [0.25, 0.3) is 0 Å². The molecule has 0 radical (unpaired) electrons. The first kappa shape index (κ1) is 27.5. The Morgan fingerprint density at radius 3 is 0.875 bits per heavy atom. The quantitative estimate of drug-likeness (QED) is 0.141. The van der Waals surface area contributed by atoms with E-state index in [-0.39, 0.29) is 0 Å². The van der Waals surface area contributed by atoms with Gasteiger partial charge in [-0.3, -0.25) is 0 Å². The molecular formula is C36H28BiClP2. The Labute approximate surface area is 251 Å². The molecule has 0 saturated heterocycles. The second-order valence-corrected chi connectivity index (χ2v) is 22.5. The van der Waals surface area contributed by atoms with E-state index in [1.165, 1.54) is 38.4 Å². The van der Waals surface area contributed by atoms with Crippen molar-refractivity contribution in [2.45, 2.75) is 0 Å². The Hall–Kier alpha value is -2.65. The van der Waals surface area contributed by atoms with Crippen LogP contribution in [0.5, 0.6) is 0 Å². The van der Waals surface area contributed by atoms with Crippen LogP contribution in [-0.4, -0.2) is 20.6 Å². The molecule has 0 aliphatic rings. The Morgan fingerprint density at radius 1 is 0.325 bits per heavy atom. The third-order valence-corrected chi connectivity index (χ3v) is 22.7. The molecule has 0 amide bonds. The molecule has 0 spiro atoms. The summed E-state index contributed by atoms with van der Waals surface area (Å²) in [7, 11) is 6.34. The van der Waals surface area contributed by atoms with Crippen LogP contribution in [0.2, 0.25) is 0 Å². The zero-order valence-corrected chi connectivity index (χ0v) is 27.9. The summed E-state index contributed by atoms with van der Waals surface area (Å²) in [6.07, 6.45) is 0. The van der Waals surface area contributed by atoms with Crippen LogP contribution in [-0.2, 0) is 0 Å². The molecule has 0 atom stereocenters. The van der Waals surface area contributed by atoms with E-state index in [0.717, 1.165) is 0 Å². The number of halogens is 1. The van der Waals surface area contributed by atoms with Gasteiger partial charge >= 0.3 is 253 Å². The Balaban J connectivity index is 1.51. The van der Waals surface area contributed by atoms with Crippen LogP contribution >= 0.6 is 24.4 Å². The van der Waals surface area contributed by atoms with E-state index in [9.17, 15) is 0 Å². The molecule has 0 fully saturated rings. The third-order valence-electron chi connectivity index (χ3n) is 6.73. The third kappa shape index (κ3) is 6.01. The van der Waals surface area contributed by atoms with Gasteiger partial charge in [0.1, 0.15) is 0 Å². The molecule has 4 heteroatoms. The molecule has 0 aliphatic carbocycles. The fraction of sp³-hybridized carbons (Fsp3) is 0. The average Bonchev–Trinajstić information content (AvgIpc) is 3.04. The molecule has 0 N–H and O–H groups in total. The molecule has 6 aromatic carbocycles. The molecule has 0 nitrogen and oxygen atoms in total. The van der Waals surface area contributed by atoms with Crippen molar-refractivity contribution in [2.24, 2.45) is 0 Å². The monoisotopic (exact) mass is 766 g/mol. The molecule has 0 unspecified atom stereocenters. The standard InChI is InChI=1S/2C18H14P.Bi.ClH/c2*1-4-10-16(11-5-1)19(17-12-6-2-7-13-17)18-14-8-3-9-15-18;;/h2*1-14H;;1H/q;;+1;/p-1. The molecule has 0 bridgehead atoms. The zero-order chi connectivity index (χ0) is 27.1. The van der Waals surface area contributed by atoms with Crippen molar-refractivity contribution in [1.29, 1.82) is 0 Å². The first-order chi connectivity index (χ1) is 19.8. The summed E-state index contributed by atoms with van der Waals surface area (Å²) in [6, 6.07) is 61.8. The van der Waals surface area contributed by atoms with Gasteiger partial charge in [-0.1, -0.05) is 0 Å². The van der Waals surface area contributed by atoms with Gasteiger partial charge in [-0.2, -0.15) is 0 Å². The molecule has 194 valence electrons. The van der Waals surface area contributed by atoms with Crippen molar-refractivity contribution in [3.05, 3.63) is 170 Å². The van der Waals surface area contributed by atoms with Crippen LogP contribution in [0, 0.1) is 0 Å². The molecule has 0 saturated carbocycles. The van der Waals surface area contributed by atoms with Crippen molar-refractivity contribution < 1.29 is 0 Å². The first-order valence-electron chi connectivity index (χ1n) is 13.3. The van der Waals surface area contributed by atoms with Gasteiger partial charge in [0.2, 0.25) is 0 Å². The normalized spacial score (nSPS) is 11.3. The van der Waals surface area contributed by atoms with Gasteiger partial charge < -0.3 is 0 Å². The van der Waals surface area contributed by atoms with Crippen molar-refractivity contribution in [3.8, 4) is 0 Å². The minimum absolute atomic E-state index is 0.730. The fourth-order valence-corrected chi connectivity index (χ4v) is 22.1. The molecule has 0 heterocycles. The topological polar surface area (TPSA) is 0 Å². The van der Waals surface area contributed by atoms with Gasteiger partial charge in [0.05, 0.1) is 0 Å². The second kappa shape index (κ2) is 13.3. The van der Waals surface area contributed by atoms with Crippen LogP contribution in [0.1, 0.15) is 0 Å². The average molecular weight is 767 g/mol. The Morgan fingerprint density at radius 2 is 0.575 bits per heavy atom. The van der Waals surface area contributed by atoms with Crippen LogP contribution in [0.15, 0.2) is 170 Å². The summed E-state index contributed by atoms with van der Waals surface area (Å²) < 4.78 is 2.75. The van der Waals surface area contributed by atoms with Crippen LogP contribution < -0.4 is 38.4 Å². The van der Waals surface area contributed by atoms with E-state index in [1.807, 2.05) is 0 Å². The summed E-state index contributed by atoms with van der Waals surface area (Å²) in [5, 5.41) is 8.20. The van der Waals surface area contributed by atoms with E-state index >= 15 is 0 Å². The molecular weight excluding hydrogens is 739 g/mol. The summed E-state index contributed by atoms with van der Waals surface area (Å²) in [4.78, 5) is 0. The minimum atomic E-state index is -2.94. The molecule has 6 rings (SSSR count). The van der Waals surface area contributed by atoms with E-state index in [0.29, 0.717) is 0 Å². The number of rotatable bonds is 8. The molecule has 0 aromatic heterocycles. The summed E-state index contributed by atoms with van der Waals surface area (Å²) in [5.74, 6) is 0. The van der Waals surface area contributed by atoms with E-state index in [2.05, 4.69) is 170 Å². The molecule has 0 aliphatic heterocycles. The van der Waals surface area contributed by atoms with Crippen molar-refractivity contribution in [2.75, 3.05) is 0 Å². The molecule has 6 aromatic rings. The second-order valence-electron chi connectivity index (χ2n) is 9.27. The van der Waals surface area contributed by atoms with Crippen molar-refractivity contribution in [3.63, 3.8) is 0 Å². The summed E-state index contributed by atoms with van der Waals surface area (Å²) in [5.41, 5.74) is 0. The van der Waals surface area contributed by atoms with Crippen molar-refractivity contribution in [1.82, 2.24) is 0 Å². The Bertz CT molecular complexity index is 1460. The van der Waals surface area contributed by atoms with Crippen LogP contribution in [0.25, 0.3) is 0 Å². The molecule has 40 heavy (non-hydrogen) atoms.